The predicted molar refractivity (Wildman–Crippen MR) is 103 cm³/mol. The fraction of sp³-hybridized carbons (Fsp3) is 0.250. The van der Waals surface area contributed by atoms with Gasteiger partial charge in [0.15, 0.2) is 6.61 Å². The van der Waals surface area contributed by atoms with Crippen LogP contribution in [0.1, 0.15) is 11.1 Å². The lowest BCUT2D eigenvalue weighted by atomic mass is 9.97. The van der Waals surface area contributed by atoms with Crippen molar-refractivity contribution in [2.45, 2.75) is 0 Å². The predicted octanol–water partition coefficient (Wildman–Crippen LogP) is 2.46. The number of amides is 1. The maximum absolute atomic E-state index is 12.1. The molecule has 3 rings (SSSR count). The highest BCUT2D eigenvalue weighted by atomic mass is 16.7. The first-order chi connectivity index (χ1) is 13.1. The summed E-state index contributed by atoms with van der Waals surface area (Å²) in [5.41, 5.74) is 6.22. The molecule has 0 aromatic heterocycles. The lowest BCUT2D eigenvalue weighted by molar-refractivity contribution is -0.184. The van der Waals surface area contributed by atoms with Gasteiger partial charge in [-0.15, -0.1) is 0 Å². The summed E-state index contributed by atoms with van der Waals surface area (Å²) in [6.07, 6.45) is 0. The normalized spacial score (nSPS) is 15.6. The summed E-state index contributed by atoms with van der Waals surface area (Å²) in [7, 11) is 3.34. The van der Waals surface area contributed by atoms with Gasteiger partial charge in [0, 0.05) is 18.3 Å². The lowest BCUT2D eigenvalue weighted by Crippen LogP contribution is -2.45. The minimum atomic E-state index is -0.325. The molecule has 0 spiro atoms. The van der Waals surface area contributed by atoms with Crippen LogP contribution in [-0.4, -0.2) is 45.0 Å². The van der Waals surface area contributed by atoms with Gasteiger partial charge in [0.1, 0.15) is 18.1 Å². The van der Waals surface area contributed by atoms with Crippen LogP contribution >= 0.6 is 0 Å². The van der Waals surface area contributed by atoms with Crippen molar-refractivity contribution in [3.63, 3.8) is 0 Å². The Kier molecular flexibility index (Phi) is 5.95. The number of hydrogen-bond donors (Lipinski definition) is 2. The van der Waals surface area contributed by atoms with E-state index in [1.165, 1.54) is 12.3 Å². The van der Waals surface area contributed by atoms with Gasteiger partial charge < -0.3 is 14.8 Å². The Bertz CT molecular complexity index is 838. The van der Waals surface area contributed by atoms with Crippen LogP contribution in [0.4, 0.5) is 5.69 Å². The third-order valence-electron chi connectivity index (χ3n) is 4.17. The first-order valence-corrected chi connectivity index (χ1v) is 8.59. The van der Waals surface area contributed by atoms with E-state index in [0.717, 1.165) is 22.4 Å². The van der Waals surface area contributed by atoms with Gasteiger partial charge >= 0.3 is 0 Å². The summed E-state index contributed by atoms with van der Waals surface area (Å²) in [6.45, 7) is 4.78. The molecule has 2 aromatic rings. The zero-order chi connectivity index (χ0) is 19.2. The molecule has 1 amide bonds. The zero-order valence-corrected chi connectivity index (χ0v) is 15.5. The van der Waals surface area contributed by atoms with Crippen molar-refractivity contribution in [3.05, 3.63) is 60.2 Å². The number of fused-ring (bicyclic) bond motifs is 4. The van der Waals surface area contributed by atoms with Crippen LogP contribution in [0.3, 0.4) is 0 Å². The van der Waals surface area contributed by atoms with E-state index in [4.69, 9.17) is 14.3 Å². The van der Waals surface area contributed by atoms with Gasteiger partial charge in [-0.3, -0.25) is 15.1 Å². The molecule has 142 valence electrons. The van der Waals surface area contributed by atoms with Crippen molar-refractivity contribution in [3.8, 4) is 11.5 Å². The number of ether oxygens (including phenoxy) is 2. The molecule has 1 heterocycles. The zero-order valence-electron chi connectivity index (χ0n) is 15.5. The summed E-state index contributed by atoms with van der Waals surface area (Å²) in [4.78, 5) is 17.2. The Hall–Kier alpha value is -3.03. The van der Waals surface area contributed by atoms with E-state index in [1.807, 2.05) is 43.4 Å². The number of anilines is 1. The van der Waals surface area contributed by atoms with Crippen molar-refractivity contribution >= 4 is 17.2 Å². The number of benzene rings is 2. The van der Waals surface area contributed by atoms with Crippen molar-refractivity contribution in [2.24, 2.45) is 0 Å². The number of hydroxylamine groups is 1. The standard InChI is InChI=1S/C20H23N3O4/c1-14-15-5-4-6-16(11-15)27-13-20(24)22-23(25-3)9-10-26-17-7-8-19(21-2)18(14)12-17/h4-8,11-12,21H,1,9-10,13H2,2-3H3,(H,22,24). The monoisotopic (exact) mass is 369 g/mol. The van der Waals surface area contributed by atoms with Gasteiger partial charge in [-0.1, -0.05) is 23.9 Å². The quantitative estimate of drug-likeness (QED) is 0.847. The number of carbonyl (C=O) groups excluding carboxylic acids is 1. The highest BCUT2D eigenvalue weighted by molar-refractivity contribution is 5.86. The van der Waals surface area contributed by atoms with Crippen molar-refractivity contribution in [1.82, 2.24) is 10.6 Å². The molecule has 7 heteroatoms. The molecule has 2 aromatic carbocycles. The van der Waals surface area contributed by atoms with Gasteiger partial charge in [-0.25, -0.2) is 0 Å². The van der Waals surface area contributed by atoms with Gasteiger partial charge in [-0.05, 0) is 41.5 Å². The van der Waals surface area contributed by atoms with Crippen LogP contribution in [0.15, 0.2) is 49.0 Å². The van der Waals surface area contributed by atoms with Gasteiger partial charge in [0.05, 0.1) is 13.7 Å². The molecule has 1 aliphatic heterocycles. The second-order valence-corrected chi connectivity index (χ2v) is 5.92. The van der Waals surface area contributed by atoms with Crippen molar-refractivity contribution in [1.29, 1.82) is 0 Å². The molecule has 0 unspecified atom stereocenters. The van der Waals surface area contributed by atoms with E-state index in [-0.39, 0.29) is 12.5 Å². The fourth-order valence-corrected chi connectivity index (χ4v) is 2.77. The molecule has 1 aliphatic rings. The molecule has 0 fully saturated rings. The van der Waals surface area contributed by atoms with Crippen molar-refractivity contribution in [2.75, 3.05) is 39.2 Å². The number of hydrogen-bond acceptors (Lipinski definition) is 6. The molecule has 0 saturated carbocycles. The third kappa shape index (κ3) is 4.58. The minimum absolute atomic E-state index is 0.133. The fourth-order valence-electron chi connectivity index (χ4n) is 2.77. The molecule has 0 saturated heterocycles. The van der Waals surface area contributed by atoms with Gasteiger partial charge in [-0.2, -0.15) is 0 Å². The summed E-state index contributed by atoms with van der Waals surface area (Å²) in [6, 6.07) is 13.3. The topological polar surface area (TPSA) is 72.1 Å². The Morgan fingerprint density at radius 1 is 1.19 bits per heavy atom. The summed E-state index contributed by atoms with van der Waals surface area (Å²) >= 11 is 0. The first kappa shape index (κ1) is 18.8. The lowest BCUT2D eigenvalue weighted by Gasteiger charge is -2.20. The molecule has 4 bridgehead atoms. The largest absolute Gasteiger partial charge is 0.492 e. The molecule has 0 aliphatic carbocycles. The molecular weight excluding hydrogens is 346 g/mol. The van der Waals surface area contributed by atoms with Crippen molar-refractivity contribution < 1.29 is 19.1 Å². The average Bonchev–Trinajstić information content (AvgIpc) is 2.70. The average molecular weight is 369 g/mol. The molecule has 0 atom stereocenters. The minimum Gasteiger partial charge on any atom is -0.492 e. The molecule has 27 heavy (non-hydrogen) atoms. The van der Waals surface area contributed by atoms with E-state index in [1.54, 1.807) is 6.07 Å². The van der Waals surface area contributed by atoms with E-state index in [9.17, 15) is 4.79 Å². The van der Waals surface area contributed by atoms with Gasteiger partial charge in [0.2, 0.25) is 0 Å². The van der Waals surface area contributed by atoms with E-state index < -0.39 is 0 Å². The summed E-state index contributed by atoms with van der Waals surface area (Å²) in [5.74, 6) is 0.963. The van der Waals surface area contributed by atoms with Crippen LogP contribution in [0.2, 0.25) is 0 Å². The van der Waals surface area contributed by atoms with E-state index >= 15 is 0 Å². The Morgan fingerprint density at radius 2 is 2.00 bits per heavy atom. The Balaban J connectivity index is 1.98. The maximum Gasteiger partial charge on any atom is 0.273 e. The number of hydrazine groups is 1. The highest BCUT2D eigenvalue weighted by Crippen LogP contribution is 2.32. The SMILES string of the molecule is C=C1c2cccc(c2)OCC(=O)NN(OC)CCOc2ccc(NC)c1c2. The van der Waals surface area contributed by atoms with Crippen LogP contribution in [0.25, 0.3) is 5.57 Å². The van der Waals surface area contributed by atoms with Crippen LogP contribution < -0.4 is 20.2 Å². The van der Waals surface area contributed by atoms with E-state index in [0.29, 0.717) is 24.7 Å². The Labute approximate surface area is 158 Å². The summed E-state index contributed by atoms with van der Waals surface area (Å²) in [5, 5.41) is 4.49. The smallest absolute Gasteiger partial charge is 0.273 e. The molecule has 2 N–H and O–H groups in total. The maximum atomic E-state index is 12.1. The molecular formula is C20H23N3O4. The number of carbonyl (C=O) groups is 1. The highest BCUT2D eigenvalue weighted by Gasteiger charge is 2.14. The second-order valence-electron chi connectivity index (χ2n) is 5.92. The van der Waals surface area contributed by atoms with Crippen LogP contribution in [-0.2, 0) is 9.63 Å². The number of rotatable bonds is 2. The van der Waals surface area contributed by atoms with Gasteiger partial charge in [0.25, 0.3) is 5.91 Å². The number of nitrogens with zero attached hydrogens (tertiary/aromatic N) is 1. The molecule has 7 nitrogen and oxygen atoms in total. The molecule has 0 radical (unpaired) electrons. The summed E-state index contributed by atoms with van der Waals surface area (Å²) < 4.78 is 11.4. The second kappa shape index (κ2) is 8.57. The Morgan fingerprint density at radius 3 is 2.78 bits per heavy atom. The van der Waals surface area contributed by atoms with E-state index in [2.05, 4.69) is 17.3 Å². The first-order valence-electron chi connectivity index (χ1n) is 8.59. The number of nitrogens with one attached hydrogen (secondary N) is 2. The van der Waals surface area contributed by atoms with Crippen LogP contribution in [0, 0.1) is 0 Å². The van der Waals surface area contributed by atoms with Crippen LogP contribution in [0.5, 0.6) is 11.5 Å². The third-order valence-corrected chi connectivity index (χ3v) is 4.17.